The molecule has 0 bridgehead atoms. The quantitative estimate of drug-likeness (QED) is 0.802. The smallest absolute Gasteiger partial charge is 0.110 e. The van der Waals surface area contributed by atoms with Gasteiger partial charge in [0.1, 0.15) is 5.82 Å². The van der Waals surface area contributed by atoms with E-state index in [1.54, 1.807) is 0 Å². The molecule has 0 aliphatic rings. The number of nitrogens with one attached hydrogen (secondary N) is 1. The van der Waals surface area contributed by atoms with Crippen LogP contribution in [0.4, 0.5) is 0 Å². The van der Waals surface area contributed by atoms with Crippen molar-refractivity contribution in [2.24, 2.45) is 0 Å². The Kier molecular flexibility index (Phi) is 5.74. The first kappa shape index (κ1) is 14.7. The lowest BCUT2D eigenvalue weighted by Crippen LogP contribution is -2.32. The molecule has 2 aromatic rings. The number of rotatable bonds is 8. The van der Waals surface area contributed by atoms with Crippen molar-refractivity contribution >= 4 is 0 Å². The summed E-state index contributed by atoms with van der Waals surface area (Å²) in [6, 6.07) is 6.56. The number of aryl methyl sites for hydroxylation is 2. The van der Waals surface area contributed by atoms with Crippen LogP contribution in [0, 0.1) is 0 Å². The van der Waals surface area contributed by atoms with Crippen molar-refractivity contribution in [2.75, 3.05) is 6.54 Å². The second-order valence-corrected chi connectivity index (χ2v) is 4.95. The lowest BCUT2D eigenvalue weighted by Gasteiger charge is -2.18. The molecule has 4 heteroatoms. The first-order valence-electron chi connectivity index (χ1n) is 7.46. The Morgan fingerprint density at radius 3 is 2.80 bits per heavy atom. The fourth-order valence-electron chi connectivity index (χ4n) is 2.47. The van der Waals surface area contributed by atoms with Gasteiger partial charge in [-0.15, -0.1) is 0 Å². The summed E-state index contributed by atoms with van der Waals surface area (Å²) in [5, 5.41) is 3.56. The molecule has 0 amide bonds. The molecular formula is C16H24N4. The van der Waals surface area contributed by atoms with Crippen LogP contribution in [0.25, 0.3) is 0 Å². The fraction of sp³-hybridized carbons (Fsp3) is 0.500. The largest absolute Gasteiger partial charge is 0.335 e. The van der Waals surface area contributed by atoms with Crippen molar-refractivity contribution in [3.05, 3.63) is 48.3 Å². The highest BCUT2D eigenvalue weighted by atomic mass is 15.1. The predicted molar refractivity (Wildman–Crippen MR) is 81.6 cm³/mol. The van der Waals surface area contributed by atoms with Crippen LogP contribution in [0.5, 0.6) is 0 Å². The van der Waals surface area contributed by atoms with E-state index in [2.05, 4.69) is 46.0 Å². The number of aromatic nitrogens is 3. The Bertz CT molecular complexity index is 492. The third kappa shape index (κ3) is 4.17. The van der Waals surface area contributed by atoms with Gasteiger partial charge in [-0.25, -0.2) is 4.98 Å². The molecule has 2 heterocycles. The number of hydrogen-bond donors (Lipinski definition) is 1. The van der Waals surface area contributed by atoms with Gasteiger partial charge in [0, 0.05) is 43.3 Å². The Morgan fingerprint density at radius 2 is 2.10 bits per heavy atom. The minimum atomic E-state index is 0.453. The summed E-state index contributed by atoms with van der Waals surface area (Å²) in [6.07, 6.45) is 8.87. The van der Waals surface area contributed by atoms with Gasteiger partial charge in [0.2, 0.25) is 0 Å². The summed E-state index contributed by atoms with van der Waals surface area (Å²) in [6.45, 7) is 6.27. The van der Waals surface area contributed by atoms with E-state index < -0.39 is 0 Å². The number of hydrogen-bond acceptors (Lipinski definition) is 3. The van der Waals surface area contributed by atoms with Crippen molar-refractivity contribution in [3.63, 3.8) is 0 Å². The van der Waals surface area contributed by atoms with E-state index in [0.29, 0.717) is 6.04 Å². The third-order valence-corrected chi connectivity index (χ3v) is 3.54. The molecule has 1 N–H and O–H groups in total. The number of nitrogens with zero attached hydrogens (tertiary/aromatic N) is 3. The monoisotopic (exact) mass is 272 g/mol. The van der Waals surface area contributed by atoms with Crippen LogP contribution in [0.3, 0.4) is 0 Å². The standard InChI is InChI=1S/C16H24N4/c1-3-17-15(9-8-14-7-5-6-10-18-14)13-16-19-11-12-20(16)4-2/h5-7,10-12,15,17H,3-4,8-9,13H2,1-2H3. The van der Waals surface area contributed by atoms with Gasteiger partial charge in [0.05, 0.1) is 0 Å². The van der Waals surface area contributed by atoms with Gasteiger partial charge in [-0.2, -0.15) is 0 Å². The van der Waals surface area contributed by atoms with Crippen LogP contribution in [0.2, 0.25) is 0 Å². The molecule has 0 saturated carbocycles. The maximum absolute atomic E-state index is 4.47. The van der Waals surface area contributed by atoms with E-state index in [1.165, 1.54) is 5.82 Å². The fourth-order valence-corrected chi connectivity index (χ4v) is 2.47. The normalized spacial score (nSPS) is 12.5. The molecule has 1 atom stereocenters. The summed E-state index contributed by atoms with van der Waals surface area (Å²) in [4.78, 5) is 8.86. The average Bonchev–Trinajstić information content (AvgIpc) is 2.93. The summed E-state index contributed by atoms with van der Waals surface area (Å²) >= 11 is 0. The maximum atomic E-state index is 4.47. The topological polar surface area (TPSA) is 42.7 Å². The second-order valence-electron chi connectivity index (χ2n) is 4.95. The second kappa shape index (κ2) is 7.80. The van der Waals surface area contributed by atoms with Crippen molar-refractivity contribution in [3.8, 4) is 0 Å². The highest BCUT2D eigenvalue weighted by Crippen LogP contribution is 2.08. The molecule has 2 aromatic heterocycles. The molecule has 1 unspecified atom stereocenters. The van der Waals surface area contributed by atoms with Crippen molar-refractivity contribution < 1.29 is 0 Å². The zero-order chi connectivity index (χ0) is 14.2. The maximum Gasteiger partial charge on any atom is 0.110 e. The lowest BCUT2D eigenvalue weighted by molar-refractivity contribution is 0.471. The van der Waals surface area contributed by atoms with E-state index in [1.807, 2.05) is 24.5 Å². The Hall–Kier alpha value is -1.68. The molecular weight excluding hydrogens is 248 g/mol. The van der Waals surface area contributed by atoms with Crippen LogP contribution in [0.15, 0.2) is 36.8 Å². The minimum absolute atomic E-state index is 0.453. The molecule has 2 rings (SSSR count). The van der Waals surface area contributed by atoms with Gasteiger partial charge in [0.25, 0.3) is 0 Å². The first-order chi connectivity index (χ1) is 9.83. The molecule has 4 nitrogen and oxygen atoms in total. The van der Waals surface area contributed by atoms with E-state index in [9.17, 15) is 0 Å². The van der Waals surface area contributed by atoms with E-state index in [-0.39, 0.29) is 0 Å². The molecule has 20 heavy (non-hydrogen) atoms. The van der Waals surface area contributed by atoms with Crippen LogP contribution in [-0.2, 0) is 19.4 Å². The number of pyridine rings is 1. The van der Waals surface area contributed by atoms with Crippen LogP contribution in [-0.4, -0.2) is 27.1 Å². The third-order valence-electron chi connectivity index (χ3n) is 3.54. The molecule has 108 valence electrons. The highest BCUT2D eigenvalue weighted by molar-refractivity contribution is 5.04. The first-order valence-corrected chi connectivity index (χ1v) is 7.46. The SMILES string of the molecule is CCNC(CCc1ccccn1)Cc1nccn1CC. The van der Waals surface area contributed by atoms with Crippen molar-refractivity contribution in [1.82, 2.24) is 19.9 Å². The molecule has 0 aliphatic carbocycles. The van der Waals surface area contributed by atoms with Crippen LogP contribution < -0.4 is 5.32 Å². The summed E-state index contributed by atoms with van der Waals surface area (Å²) in [5.41, 5.74) is 1.16. The van der Waals surface area contributed by atoms with Gasteiger partial charge in [-0.1, -0.05) is 13.0 Å². The van der Waals surface area contributed by atoms with Crippen LogP contribution >= 0.6 is 0 Å². The zero-order valence-electron chi connectivity index (χ0n) is 12.4. The predicted octanol–water partition coefficient (Wildman–Crippen LogP) is 2.45. The van der Waals surface area contributed by atoms with Gasteiger partial charge in [-0.05, 0) is 38.4 Å². The summed E-state index contributed by atoms with van der Waals surface area (Å²) in [7, 11) is 0. The zero-order valence-corrected chi connectivity index (χ0v) is 12.4. The van der Waals surface area contributed by atoms with E-state index in [4.69, 9.17) is 0 Å². The Balaban J connectivity index is 1.93. The highest BCUT2D eigenvalue weighted by Gasteiger charge is 2.12. The Labute approximate surface area is 121 Å². The molecule has 0 aromatic carbocycles. The average molecular weight is 272 g/mol. The minimum Gasteiger partial charge on any atom is -0.335 e. The molecule has 0 radical (unpaired) electrons. The number of imidazole rings is 1. The molecule has 0 aliphatic heterocycles. The van der Waals surface area contributed by atoms with Gasteiger partial charge >= 0.3 is 0 Å². The van der Waals surface area contributed by atoms with Crippen LogP contribution in [0.1, 0.15) is 31.8 Å². The van der Waals surface area contributed by atoms with Gasteiger partial charge in [0.15, 0.2) is 0 Å². The van der Waals surface area contributed by atoms with Gasteiger partial charge < -0.3 is 9.88 Å². The van der Waals surface area contributed by atoms with Crippen molar-refractivity contribution in [2.45, 2.75) is 45.7 Å². The van der Waals surface area contributed by atoms with Crippen molar-refractivity contribution in [1.29, 1.82) is 0 Å². The summed E-state index contributed by atoms with van der Waals surface area (Å²) < 4.78 is 2.21. The lowest BCUT2D eigenvalue weighted by atomic mass is 10.1. The molecule has 0 saturated heterocycles. The van der Waals surface area contributed by atoms with E-state index in [0.717, 1.165) is 38.0 Å². The summed E-state index contributed by atoms with van der Waals surface area (Å²) in [5.74, 6) is 1.17. The van der Waals surface area contributed by atoms with Gasteiger partial charge in [-0.3, -0.25) is 4.98 Å². The van der Waals surface area contributed by atoms with E-state index >= 15 is 0 Å². The Morgan fingerprint density at radius 1 is 1.20 bits per heavy atom. The molecule has 0 spiro atoms. The number of likely N-dealkylation sites (N-methyl/N-ethyl adjacent to an activating group) is 1. The molecule has 0 fully saturated rings.